The zero-order valence-corrected chi connectivity index (χ0v) is 8.55. The molecular weight excluding hydrogens is 212 g/mol. The van der Waals surface area contributed by atoms with Gasteiger partial charge in [0.05, 0.1) is 11.0 Å². The molecule has 1 aromatic rings. The molecule has 0 aliphatic carbocycles. The molecule has 0 bridgehead atoms. The maximum atomic E-state index is 10.5. The highest BCUT2D eigenvalue weighted by atomic mass is 16.6. The highest BCUT2D eigenvalue weighted by molar-refractivity contribution is 5.73. The standard InChI is InChI=1S/C9H12N4O3/c10-8(14)2-1-4-11-9-6-7(13(15)16)3-5-12-9/h3,5-6H,1-2,4H2,(H2,10,14)(H,11,12). The predicted molar refractivity (Wildman–Crippen MR) is 57.8 cm³/mol. The molecule has 86 valence electrons. The van der Waals surface area contributed by atoms with Crippen LogP contribution in [0.25, 0.3) is 0 Å². The van der Waals surface area contributed by atoms with Crippen LogP contribution in [0.1, 0.15) is 12.8 Å². The molecule has 0 saturated heterocycles. The van der Waals surface area contributed by atoms with Crippen molar-refractivity contribution in [3.63, 3.8) is 0 Å². The van der Waals surface area contributed by atoms with Crippen LogP contribution in [0.5, 0.6) is 0 Å². The Labute approximate surface area is 91.8 Å². The second-order valence-electron chi connectivity index (χ2n) is 3.15. The topological polar surface area (TPSA) is 111 Å². The lowest BCUT2D eigenvalue weighted by molar-refractivity contribution is -0.384. The second kappa shape index (κ2) is 5.64. The molecule has 1 heterocycles. The summed E-state index contributed by atoms with van der Waals surface area (Å²) in [7, 11) is 0. The number of primary amides is 1. The maximum Gasteiger partial charge on any atom is 0.274 e. The first-order valence-electron chi connectivity index (χ1n) is 4.72. The van der Waals surface area contributed by atoms with E-state index < -0.39 is 4.92 Å². The molecule has 0 aromatic carbocycles. The lowest BCUT2D eigenvalue weighted by Gasteiger charge is -2.03. The number of rotatable bonds is 6. The molecule has 7 nitrogen and oxygen atoms in total. The van der Waals surface area contributed by atoms with Gasteiger partial charge in [0.25, 0.3) is 5.69 Å². The number of carbonyl (C=O) groups excluding carboxylic acids is 1. The Hall–Kier alpha value is -2.18. The predicted octanol–water partition coefficient (Wildman–Crippen LogP) is 0.667. The van der Waals surface area contributed by atoms with Gasteiger partial charge >= 0.3 is 0 Å². The summed E-state index contributed by atoms with van der Waals surface area (Å²) in [6.07, 6.45) is 2.20. The molecule has 1 aromatic heterocycles. The van der Waals surface area contributed by atoms with E-state index >= 15 is 0 Å². The van der Waals surface area contributed by atoms with E-state index in [-0.39, 0.29) is 18.0 Å². The van der Waals surface area contributed by atoms with Crippen molar-refractivity contribution >= 4 is 17.4 Å². The second-order valence-corrected chi connectivity index (χ2v) is 3.15. The summed E-state index contributed by atoms with van der Waals surface area (Å²) in [5.74, 6) is 0.0486. The summed E-state index contributed by atoms with van der Waals surface area (Å²) < 4.78 is 0. The smallest absolute Gasteiger partial charge is 0.274 e. The van der Waals surface area contributed by atoms with Gasteiger partial charge in [-0.25, -0.2) is 4.98 Å². The number of hydrogen-bond donors (Lipinski definition) is 2. The first kappa shape index (κ1) is 11.9. The number of carbonyl (C=O) groups is 1. The van der Waals surface area contributed by atoms with E-state index in [2.05, 4.69) is 10.3 Å². The van der Waals surface area contributed by atoms with Crippen LogP contribution >= 0.6 is 0 Å². The van der Waals surface area contributed by atoms with Gasteiger partial charge in [-0.1, -0.05) is 0 Å². The minimum Gasteiger partial charge on any atom is -0.370 e. The van der Waals surface area contributed by atoms with Crippen molar-refractivity contribution in [3.05, 3.63) is 28.4 Å². The van der Waals surface area contributed by atoms with E-state index in [9.17, 15) is 14.9 Å². The van der Waals surface area contributed by atoms with Crippen molar-refractivity contribution in [2.75, 3.05) is 11.9 Å². The molecule has 0 fully saturated rings. The quantitative estimate of drug-likeness (QED) is 0.419. The van der Waals surface area contributed by atoms with Gasteiger partial charge in [0.2, 0.25) is 5.91 Å². The molecule has 0 spiro atoms. The van der Waals surface area contributed by atoms with Gasteiger partial charge in [-0.15, -0.1) is 0 Å². The van der Waals surface area contributed by atoms with Gasteiger partial charge in [0, 0.05) is 25.2 Å². The zero-order valence-electron chi connectivity index (χ0n) is 8.55. The van der Waals surface area contributed by atoms with Gasteiger partial charge in [-0.3, -0.25) is 14.9 Å². The molecule has 0 atom stereocenters. The van der Waals surface area contributed by atoms with Crippen molar-refractivity contribution < 1.29 is 9.72 Å². The largest absolute Gasteiger partial charge is 0.370 e. The number of nitrogens with zero attached hydrogens (tertiary/aromatic N) is 2. The van der Waals surface area contributed by atoms with Crippen LogP contribution in [-0.4, -0.2) is 22.4 Å². The van der Waals surface area contributed by atoms with Crippen LogP contribution in [0.4, 0.5) is 11.5 Å². The number of pyridine rings is 1. The Balaban J connectivity index is 2.45. The van der Waals surface area contributed by atoms with Crippen LogP contribution < -0.4 is 11.1 Å². The summed E-state index contributed by atoms with van der Waals surface area (Å²) in [6.45, 7) is 0.497. The number of nitro groups is 1. The molecule has 0 radical (unpaired) electrons. The summed E-state index contributed by atoms with van der Waals surface area (Å²) in [4.78, 5) is 24.3. The number of nitrogens with one attached hydrogen (secondary N) is 1. The average Bonchev–Trinajstić information content (AvgIpc) is 2.24. The van der Waals surface area contributed by atoms with Crippen molar-refractivity contribution in [3.8, 4) is 0 Å². The molecular formula is C9H12N4O3. The number of aromatic nitrogens is 1. The summed E-state index contributed by atoms with van der Waals surface area (Å²) in [5, 5.41) is 13.3. The summed E-state index contributed by atoms with van der Waals surface area (Å²) in [6, 6.07) is 2.65. The molecule has 1 amide bonds. The Bertz CT molecular complexity index is 394. The minimum absolute atomic E-state index is 0.0209. The lowest BCUT2D eigenvalue weighted by Crippen LogP contribution is -2.13. The Kier molecular flexibility index (Phi) is 4.19. The SMILES string of the molecule is NC(=O)CCCNc1cc([N+](=O)[O-])ccn1. The molecule has 3 N–H and O–H groups in total. The van der Waals surface area contributed by atoms with Gasteiger partial charge in [-0.05, 0) is 6.42 Å². The van der Waals surface area contributed by atoms with E-state index in [0.717, 1.165) is 0 Å². The van der Waals surface area contributed by atoms with Crippen LogP contribution in [0, 0.1) is 10.1 Å². The van der Waals surface area contributed by atoms with Gasteiger partial charge in [-0.2, -0.15) is 0 Å². The van der Waals surface area contributed by atoms with Crippen LogP contribution in [0.2, 0.25) is 0 Å². The van der Waals surface area contributed by atoms with Gasteiger partial charge in [0.15, 0.2) is 0 Å². The molecule has 1 rings (SSSR count). The van der Waals surface area contributed by atoms with E-state index in [0.29, 0.717) is 18.8 Å². The third-order valence-electron chi connectivity index (χ3n) is 1.86. The molecule has 7 heteroatoms. The third-order valence-corrected chi connectivity index (χ3v) is 1.86. The van der Waals surface area contributed by atoms with E-state index in [1.807, 2.05) is 0 Å². The van der Waals surface area contributed by atoms with Crippen LogP contribution in [0.3, 0.4) is 0 Å². The van der Waals surface area contributed by atoms with Crippen LogP contribution in [0.15, 0.2) is 18.3 Å². The highest BCUT2D eigenvalue weighted by Gasteiger charge is 2.05. The first-order chi connectivity index (χ1) is 7.59. The van der Waals surface area contributed by atoms with Crippen molar-refractivity contribution in [1.82, 2.24) is 4.98 Å². The van der Waals surface area contributed by atoms with Gasteiger partial charge < -0.3 is 11.1 Å². The van der Waals surface area contributed by atoms with Crippen molar-refractivity contribution in [2.24, 2.45) is 5.73 Å². The fraction of sp³-hybridized carbons (Fsp3) is 0.333. The van der Waals surface area contributed by atoms with Gasteiger partial charge in [0.1, 0.15) is 5.82 Å². The maximum absolute atomic E-state index is 10.5. The first-order valence-corrected chi connectivity index (χ1v) is 4.72. The number of anilines is 1. The third kappa shape index (κ3) is 3.91. The molecule has 0 aliphatic rings. The van der Waals surface area contributed by atoms with Crippen LogP contribution in [-0.2, 0) is 4.79 Å². The number of nitrogens with two attached hydrogens (primary N) is 1. The van der Waals surface area contributed by atoms with E-state index in [1.165, 1.54) is 18.3 Å². The highest BCUT2D eigenvalue weighted by Crippen LogP contribution is 2.13. The monoisotopic (exact) mass is 224 g/mol. The minimum atomic E-state index is -0.490. The fourth-order valence-corrected chi connectivity index (χ4v) is 1.11. The van der Waals surface area contributed by atoms with E-state index in [1.54, 1.807) is 0 Å². The molecule has 0 aliphatic heterocycles. The Morgan fingerprint density at radius 2 is 2.38 bits per heavy atom. The molecule has 0 unspecified atom stereocenters. The number of amides is 1. The summed E-state index contributed by atoms with van der Waals surface area (Å²) >= 11 is 0. The lowest BCUT2D eigenvalue weighted by atomic mass is 10.3. The normalized spacial score (nSPS) is 9.75. The Morgan fingerprint density at radius 1 is 1.62 bits per heavy atom. The van der Waals surface area contributed by atoms with E-state index in [4.69, 9.17) is 5.73 Å². The average molecular weight is 224 g/mol. The van der Waals surface area contributed by atoms with Crippen molar-refractivity contribution in [2.45, 2.75) is 12.8 Å². The molecule has 0 saturated carbocycles. The fourth-order valence-electron chi connectivity index (χ4n) is 1.11. The molecule has 16 heavy (non-hydrogen) atoms. The summed E-state index contributed by atoms with van der Waals surface area (Å²) in [5.41, 5.74) is 4.94. The zero-order chi connectivity index (χ0) is 12.0. The van der Waals surface area contributed by atoms with Crippen molar-refractivity contribution in [1.29, 1.82) is 0 Å². The Morgan fingerprint density at radius 3 is 3.00 bits per heavy atom. The number of hydrogen-bond acceptors (Lipinski definition) is 5.